The van der Waals surface area contributed by atoms with Crippen LogP contribution in [0.5, 0.6) is 0 Å². The first-order chi connectivity index (χ1) is 10.6. The van der Waals surface area contributed by atoms with E-state index in [1.54, 1.807) is 6.33 Å². The Morgan fingerprint density at radius 1 is 1.18 bits per heavy atom. The molecule has 4 rings (SSSR count). The molecule has 1 atom stereocenters. The number of hydrogen-bond acceptors (Lipinski definition) is 4. The number of pyridine rings is 1. The summed E-state index contributed by atoms with van der Waals surface area (Å²) in [4.78, 5) is 20.8. The van der Waals surface area contributed by atoms with Crippen molar-refractivity contribution in [3.05, 3.63) is 36.5 Å². The Balaban J connectivity index is 1.87. The van der Waals surface area contributed by atoms with Crippen molar-refractivity contribution in [2.45, 2.75) is 26.7 Å². The van der Waals surface area contributed by atoms with Gasteiger partial charge < -0.3 is 4.98 Å². The van der Waals surface area contributed by atoms with Crippen LogP contribution in [-0.4, -0.2) is 25.6 Å². The van der Waals surface area contributed by atoms with Crippen LogP contribution in [0.3, 0.4) is 0 Å². The van der Waals surface area contributed by atoms with Crippen LogP contribution in [0.25, 0.3) is 22.3 Å². The predicted octanol–water partition coefficient (Wildman–Crippen LogP) is 3.87. The maximum Gasteiger partial charge on any atom is 0.141 e. The topological polar surface area (TPSA) is 66.8 Å². The molecule has 0 fully saturated rings. The number of aromatic amines is 1. The minimum atomic E-state index is 0.373. The number of rotatable bonds is 2. The van der Waals surface area contributed by atoms with Gasteiger partial charge in [0, 0.05) is 35.0 Å². The first-order valence-electron chi connectivity index (χ1n) is 7.47. The number of H-pyrrole nitrogens is 1. The minimum absolute atomic E-state index is 0.373. The second-order valence-electron chi connectivity index (χ2n) is 6.09. The molecule has 0 saturated heterocycles. The van der Waals surface area contributed by atoms with Crippen LogP contribution in [-0.2, 0) is 0 Å². The number of fused-ring (bicyclic) bond motifs is 2. The highest BCUT2D eigenvalue weighted by Gasteiger charge is 2.28. The van der Waals surface area contributed by atoms with E-state index >= 15 is 0 Å². The summed E-state index contributed by atoms with van der Waals surface area (Å²) in [7, 11) is 0. The monoisotopic (exact) mass is 291 g/mol. The van der Waals surface area contributed by atoms with E-state index in [4.69, 9.17) is 0 Å². The summed E-state index contributed by atoms with van der Waals surface area (Å²) in [6.07, 6.45) is 7.19. The molecule has 4 heterocycles. The van der Waals surface area contributed by atoms with Crippen molar-refractivity contribution in [2.75, 3.05) is 0 Å². The van der Waals surface area contributed by atoms with E-state index in [1.165, 1.54) is 11.3 Å². The lowest BCUT2D eigenvalue weighted by molar-refractivity contribution is 0.609. The van der Waals surface area contributed by atoms with Crippen molar-refractivity contribution >= 4 is 22.4 Å². The van der Waals surface area contributed by atoms with E-state index in [1.807, 2.05) is 18.6 Å². The van der Waals surface area contributed by atoms with Gasteiger partial charge in [0.25, 0.3) is 0 Å². The Hall–Kier alpha value is -2.56. The Kier molecular flexibility index (Phi) is 2.82. The largest absolute Gasteiger partial charge is 0.345 e. The van der Waals surface area contributed by atoms with Gasteiger partial charge in [0.15, 0.2) is 0 Å². The van der Waals surface area contributed by atoms with Crippen LogP contribution in [0.1, 0.15) is 32.3 Å². The molecule has 3 aromatic rings. The molecule has 3 aromatic heterocycles. The average molecular weight is 291 g/mol. The molecule has 1 unspecified atom stereocenters. The zero-order valence-corrected chi connectivity index (χ0v) is 12.8. The first kappa shape index (κ1) is 13.1. The van der Waals surface area contributed by atoms with Gasteiger partial charge in [-0.3, -0.25) is 9.98 Å². The van der Waals surface area contributed by atoms with Gasteiger partial charge in [-0.05, 0) is 24.5 Å². The summed E-state index contributed by atoms with van der Waals surface area (Å²) >= 11 is 0. The van der Waals surface area contributed by atoms with Gasteiger partial charge in [-0.25, -0.2) is 9.97 Å². The third-order valence-corrected chi connectivity index (χ3v) is 4.29. The lowest BCUT2D eigenvalue weighted by Crippen LogP contribution is -2.11. The summed E-state index contributed by atoms with van der Waals surface area (Å²) in [5.41, 5.74) is 6.24. The smallest absolute Gasteiger partial charge is 0.141 e. The van der Waals surface area contributed by atoms with Crippen molar-refractivity contribution in [2.24, 2.45) is 10.9 Å². The molecule has 0 saturated carbocycles. The van der Waals surface area contributed by atoms with E-state index < -0.39 is 0 Å². The Bertz CT molecular complexity index is 891. The summed E-state index contributed by atoms with van der Waals surface area (Å²) in [6, 6.07) is 2.16. The normalized spacial score (nSPS) is 17.1. The maximum atomic E-state index is 4.66. The Morgan fingerprint density at radius 2 is 2.05 bits per heavy atom. The SMILES string of the molecule is CC1=Nc2cnc(-c3c[nH]c4ncncc34)cc2C1C(C)C. The highest BCUT2D eigenvalue weighted by Crippen LogP contribution is 2.41. The second kappa shape index (κ2) is 4.73. The fourth-order valence-electron chi connectivity index (χ4n) is 3.35. The molecule has 0 radical (unpaired) electrons. The molecule has 0 aromatic carbocycles. The molecule has 0 amide bonds. The fraction of sp³-hybridized carbons (Fsp3) is 0.294. The molecule has 22 heavy (non-hydrogen) atoms. The minimum Gasteiger partial charge on any atom is -0.345 e. The fourth-order valence-corrected chi connectivity index (χ4v) is 3.35. The number of aliphatic imine (C=N–C) groups is 1. The van der Waals surface area contributed by atoms with E-state index in [2.05, 4.69) is 51.8 Å². The lowest BCUT2D eigenvalue weighted by atomic mass is 9.86. The van der Waals surface area contributed by atoms with Crippen molar-refractivity contribution in [3.63, 3.8) is 0 Å². The molecule has 0 aliphatic carbocycles. The van der Waals surface area contributed by atoms with E-state index in [-0.39, 0.29) is 0 Å². The van der Waals surface area contributed by atoms with Gasteiger partial charge >= 0.3 is 0 Å². The zero-order chi connectivity index (χ0) is 15.3. The Labute approximate surface area is 128 Å². The molecule has 5 nitrogen and oxygen atoms in total. The van der Waals surface area contributed by atoms with E-state index in [9.17, 15) is 0 Å². The van der Waals surface area contributed by atoms with Gasteiger partial charge in [0.2, 0.25) is 0 Å². The number of hydrogen-bond donors (Lipinski definition) is 1. The maximum absolute atomic E-state index is 4.66. The van der Waals surface area contributed by atoms with Gasteiger partial charge in [0.05, 0.1) is 17.6 Å². The molecular weight excluding hydrogens is 274 g/mol. The number of nitrogens with zero attached hydrogens (tertiary/aromatic N) is 4. The molecule has 1 aliphatic heterocycles. The van der Waals surface area contributed by atoms with Crippen molar-refractivity contribution in [1.29, 1.82) is 0 Å². The average Bonchev–Trinajstić information content (AvgIpc) is 3.06. The molecule has 1 aliphatic rings. The third kappa shape index (κ3) is 1.85. The molecule has 0 spiro atoms. The van der Waals surface area contributed by atoms with E-state index in [0.717, 1.165) is 28.0 Å². The number of nitrogens with one attached hydrogen (secondary N) is 1. The van der Waals surface area contributed by atoms with Crippen molar-refractivity contribution < 1.29 is 0 Å². The van der Waals surface area contributed by atoms with Gasteiger partial charge in [-0.15, -0.1) is 0 Å². The summed E-state index contributed by atoms with van der Waals surface area (Å²) in [5, 5.41) is 0.992. The van der Waals surface area contributed by atoms with Crippen LogP contribution in [0.2, 0.25) is 0 Å². The quantitative estimate of drug-likeness (QED) is 0.779. The molecule has 0 bridgehead atoms. The Morgan fingerprint density at radius 3 is 2.86 bits per heavy atom. The molecule has 1 N–H and O–H groups in total. The molecule has 5 heteroatoms. The van der Waals surface area contributed by atoms with Crippen LogP contribution in [0.4, 0.5) is 5.69 Å². The highest BCUT2D eigenvalue weighted by molar-refractivity contribution is 5.98. The van der Waals surface area contributed by atoms with E-state index in [0.29, 0.717) is 11.8 Å². The summed E-state index contributed by atoms with van der Waals surface area (Å²) < 4.78 is 0. The van der Waals surface area contributed by atoms with Crippen molar-refractivity contribution in [1.82, 2.24) is 19.9 Å². The summed E-state index contributed by atoms with van der Waals surface area (Å²) in [6.45, 7) is 6.57. The molecular formula is C17H17N5. The van der Waals surface area contributed by atoms with Crippen LogP contribution < -0.4 is 0 Å². The standard InChI is InChI=1S/C17H17N5/c1-9(2)16-10(3)22-15-7-19-14(4-11(15)16)12-6-20-17-13(12)5-18-8-21-17/h4-9,16H,1-3H3,(H,18,20,21). The van der Waals surface area contributed by atoms with Crippen molar-refractivity contribution in [3.8, 4) is 11.3 Å². The third-order valence-electron chi connectivity index (χ3n) is 4.29. The highest BCUT2D eigenvalue weighted by atomic mass is 14.9. The second-order valence-corrected chi connectivity index (χ2v) is 6.09. The zero-order valence-electron chi connectivity index (χ0n) is 12.8. The van der Waals surface area contributed by atoms with Crippen LogP contribution >= 0.6 is 0 Å². The first-order valence-corrected chi connectivity index (χ1v) is 7.47. The predicted molar refractivity (Wildman–Crippen MR) is 87.5 cm³/mol. The van der Waals surface area contributed by atoms with Gasteiger partial charge in [0.1, 0.15) is 12.0 Å². The van der Waals surface area contributed by atoms with Gasteiger partial charge in [-0.2, -0.15) is 0 Å². The number of aromatic nitrogens is 4. The summed E-state index contributed by atoms with van der Waals surface area (Å²) in [5.74, 6) is 0.893. The lowest BCUT2D eigenvalue weighted by Gasteiger charge is -2.16. The molecule has 110 valence electrons. The van der Waals surface area contributed by atoms with Crippen LogP contribution in [0.15, 0.2) is 36.0 Å². The van der Waals surface area contributed by atoms with Gasteiger partial charge in [-0.1, -0.05) is 13.8 Å². The van der Waals surface area contributed by atoms with Crippen LogP contribution in [0, 0.1) is 5.92 Å².